The lowest BCUT2D eigenvalue weighted by atomic mass is 10.1. The van der Waals surface area contributed by atoms with Crippen LogP contribution in [-0.2, 0) is 0 Å². The van der Waals surface area contributed by atoms with Crippen LogP contribution in [-0.4, -0.2) is 14.9 Å². The van der Waals surface area contributed by atoms with Crippen LogP contribution in [0.2, 0.25) is 0 Å². The molecule has 7 nitrogen and oxygen atoms in total. The first-order valence-electron chi connectivity index (χ1n) is 6.10. The summed E-state index contributed by atoms with van der Waals surface area (Å²) in [5.74, 6) is 0.698. The highest BCUT2D eigenvalue weighted by Gasteiger charge is 2.22. The molecule has 1 unspecified atom stereocenters. The molecule has 0 fully saturated rings. The Labute approximate surface area is 115 Å². The quantitative estimate of drug-likeness (QED) is 0.642. The van der Waals surface area contributed by atoms with Crippen molar-refractivity contribution in [2.24, 2.45) is 0 Å². The maximum atomic E-state index is 11.1. The Morgan fingerprint density at radius 2 is 2.40 bits per heavy atom. The molecule has 0 aliphatic rings. The number of nitro benzene ring substituents is 1. The van der Waals surface area contributed by atoms with E-state index in [4.69, 9.17) is 5.26 Å². The van der Waals surface area contributed by atoms with Crippen LogP contribution in [0.15, 0.2) is 30.6 Å². The van der Waals surface area contributed by atoms with Crippen molar-refractivity contribution in [3.05, 3.63) is 52.1 Å². The molecule has 1 heterocycles. The number of anilines is 1. The van der Waals surface area contributed by atoms with E-state index in [1.807, 2.05) is 13.0 Å². The Bertz CT molecular complexity index is 645. The van der Waals surface area contributed by atoms with E-state index in [2.05, 4.69) is 15.3 Å². The number of nitrogens with zero attached hydrogens (tertiary/aromatic N) is 3. The van der Waals surface area contributed by atoms with E-state index in [9.17, 15) is 10.1 Å². The Kier molecular flexibility index (Phi) is 3.96. The summed E-state index contributed by atoms with van der Waals surface area (Å²) in [4.78, 5) is 17.7. The van der Waals surface area contributed by atoms with Crippen molar-refractivity contribution in [2.45, 2.75) is 19.4 Å². The van der Waals surface area contributed by atoms with Gasteiger partial charge in [0.25, 0.3) is 0 Å². The number of hydrogen-bond donors (Lipinski definition) is 2. The Hall–Kier alpha value is -2.88. The highest BCUT2D eigenvalue weighted by molar-refractivity contribution is 5.68. The molecule has 0 bridgehead atoms. The number of para-hydroxylation sites is 1. The van der Waals surface area contributed by atoms with E-state index >= 15 is 0 Å². The summed E-state index contributed by atoms with van der Waals surface area (Å²) in [6.45, 7) is 1.94. The van der Waals surface area contributed by atoms with Crippen LogP contribution in [0, 0.1) is 21.4 Å². The molecule has 102 valence electrons. The van der Waals surface area contributed by atoms with Crippen molar-refractivity contribution < 1.29 is 4.92 Å². The van der Waals surface area contributed by atoms with E-state index in [0.717, 1.165) is 0 Å². The molecule has 0 saturated heterocycles. The second kappa shape index (κ2) is 5.84. The Morgan fingerprint density at radius 3 is 2.95 bits per heavy atom. The summed E-state index contributed by atoms with van der Waals surface area (Å²) in [5, 5.41) is 23.2. The van der Waals surface area contributed by atoms with Crippen LogP contribution in [0.5, 0.6) is 0 Å². The van der Waals surface area contributed by atoms with Gasteiger partial charge in [-0.05, 0) is 18.6 Å². The van der Waals surface area contributed by atoms with Crippen molar-refractivity contribution in [1.82, 2.24) is 9.97 Å². The topological polar surface area (TPSA) is 108 Å². The Morgan fingerprint density at radius 1 is 1.60 bits per heavy atom. The molecule has 0 aliphatic heterocycles. The van der Waals surface area contributed by atoms with Crippen LogP contribution in [0.4, 0.5) is 11.4 Å². The minimum absolute atomic E-state index is 0.0364. The van der Waals surface area contributed by atoms with E-state index < -0.39 is 4.92 Å². The molecule has 2 N–H and O–H groups in total. The van der Waals surface area contributed by atoms with E-state index in [1.54, 1.807) is 24.5 Å². The molecule has 0 aliphatic carbocycles. The van der Waals surface area contributed by atoms with Gasteiger partial charge in [-0.2, -0.15) is 5.26 Å². The third-order valence-corrected chi connectivity index (χ3v) is 2.93. The smallest absolute Gasteiger partial charge is 0.309 e. The first-order chi connectivity index (χ1) is 9.67. The number of nitrogens with one attached hydrogen (secondary N) is 2. The molecule has 2 rings (SSSR count). The summed E-state index contributed by atoms with van der Waals surface area (Å²) < 4.78 is 0. The van der Waals surface area contributed by atoms with E-state index in [1.165, 1.54) is 6.07 Å². The third kappa shape index (κ3) is 2.59. The van der Waals surface area contributed by atoms with Crippen molar-refractivity contribution in [2.75, 3.05) is 5.32 Å². The lowest BCUT2D eigenvalue weighted by molar-refractivity contribution is -0.384. The van der Waals surface area contributed by atoms with Crippen LogP contribution in [0.25, 0.3) is 0 Å². The highest BCUT2D eigenvalue weighted by Crippen LogP contribution is 2.31. The summed E-state index contributed by atoms with van der Waals surface area (Å²) in [7, 11) is 0. The van der Waals surface area contributed by atoms with E-state index in [-0.39, 0.29) is 17.3 Å². The average Bonchev–Trinajstić information content (AvgIpc) is 2.97. The Balaban J connectivity index is 2.38. The van der Waals surface area contributed by atoms with Crippen LogP contribution < -0.4 is 5.32 Å². The molecule has 1 aromatic carbocycles. The molecule has 20 heavy (non-hydrogen) atoms. The first kappa shape index (κ1) is 13.5. The highest BCUT2D eigenvalue weighted by atomic mass is 16.6. The largest absolute Gasteiger partial charge is 0.370 e. The fourth-order valence-corrected chi connectivity index (χ4v) is 1.97. The molecular formula is C13H13N5O2. The molecule has 0 radical (unpaired) electrons. The number of aromatic amines is 1. The third-order valence-electron chi connectivity index (χ3n) is 2.93. The summed E-state index contributed by atoms with van der Waals surface area (Å²) in [6, 6.07) is 6.28. The van der Waals surface area contributed by atoms with Gasteiger partial charge in [-0.1, -0.05) is 13.0 Å². The number of nitriles is 1. The van der Waals surface area contributed by atoms with Gasteiger partial charge in [-0.25, -0.2) is 4.98 Å². The number of H-pyrrole nitrogens is 1. The van der Waals surface area contributed by atoms with Crippen molar-refractivity contribution >= 4 is 11.4 Å². The number of benzene rings is 1. The van der Waals surface area contributed by atoms with Gasteiger partial charge in [0.1, 0.15) is 23.1 Å². The standard InChI is InChI=1S/C13H13N5O2/c1-2-10(13-15-6-7-16-13)17-11-5-3-4-9(8-14)12(11)18(19)20/h3-7,10,17H,2H2,1H3,(H,15,16). The second-order valence-corrected chi connectivity index (χ2v) is 4.15. The maximum absolute atomic E-state index is 11.1. The van der Waals surface area contributed by atoms with Crippen LogP contribution in [0.1, 0.15) is 30.8 Å². The van der Waals surface area contributed by atoms with Gasteiger partial charge in [-0.15, -0.1) is 0 Å². The molecule has 0 saturated carbocycles. The maximum Gasteiger partial charge on any atom is 0.309 e. The predicted octanol–water partition coefficient (Wildman–Crippen LogP) is 2.75. The number of rotatable bonds is 5. The van der Waals surface area contributed by atoms with Crippen molar-refractivity contribution in [3.63, 3.8) is 0 Å². The fourth-order valence-electron chi connectivity index (χ4n) is 1.97. The van der Waals surface area contributed by atoms with E-state index in [0.29, 0.717) is 17.9 Å². The lowest BCUT2D eigenvalue weighted by Crippen LogP contribution is -2.13. The molecule has 0 spiro atoms. The van der Waals surface area contributed by atoms with Gasteiger partial charge in [0.2, 0.25) is 0 Å². The zero-order valence-corrected chi connectivity index (χ0v) is 10.8. The summed E-state index contributed by atoms with van der Waals surface area (Å²) >= 11 is 0. The predicted molar refractivity (Wildman–Crippen MR) is 73.1 cm³/mol. The van der Waals surface area contributed by atoms with Gasteiger partial charge in [0.05, 0.1) is 11.0 Å². The zero-order valence-electron chi connectivity index (χ0n) is 10.8. The summed E-state index contributed by atoms with van der Waals surface area (Å²) in [5.41, 5.74) is 0.145. The average molecular weight is 271 g/mol. The normalized spacial score (nSPS) is 11.6. The second-order valence-electron chi connectivity index (χ2n) is 4.15. The molecule has 2 aromatic rings. The number of nitro groups is 1. The van der Waals surface area contributed by atoms with Crippen LogP contribution >= 0.6 is 0 Å². The number of hydrogen-bond acceptors (Lipinski definition) is 5. The van der Waals surface area contributed by atoms with Gasteiger partial charge in [0, 0.05) is 12.4 Å². The molecular weight excluding hydrogens is 258 g/mol. The zero-order chi connectivity index (χ0) is 14.5. The van der Waals surface area contributed by atoms with Gasteiger partial charge in [-0.3, -0.25) is 10.1 Å². The summed E-state index contributed by atoms with van der Waals surface area (Å²) in [6.07, 6.45) is 4.01. The molecule has 1 atom stereocenters. The monoisotopic (exact) mass is 271 g/mol. The number of imidazole rings is 1. The lowest BCUT2D eigenvalue weighted by Gasteiger charge is -2.16. The van der Waals surface area contributed by atoms with Crippen molar-refractivity contribution in [3.8, 4) is 6.07 Å². The fraction of sp³-hybridized carbons (Fsp3) is 0.231. The minimum Gasteiger partial charge on any atom is -0.370 e. The van der Waals surface area contributed by atoms with Gasteiger partial charge < -0.3 is 10.3 Å². The SMILES string of the molecule is CCC(Nc1cccc(C#N)c1[N+](=O)[O-])c1ncc[nH]1. The minimum atomic E-state index is -0.546. The first-order valence-corrected chi connectivity index (χ1v) is 6.10. The van der Waals surface area contributed by atoms with Crippen LogP contribution in [0.3, 0.4) is 0 Å². The molecule has 7 heteroatoms. The molecule has 0 amide bonds. The van der Waals surface area contributed by atoms with Crippen molar-refractivity contribution in [1.29, 1.82) is 5.26 Å². The molecule has 1 aromatic heterocycles. The van der Waals surface area contributed by atoms with Gasteiger partial charge >= 0.3 is 5.69 Å². The van der Waals surface area contributed by atoms with Gasteiger partial charge in [0.15, 0.2) is 0 Å². The number of aromatic nitrogens is 2.